The van der Waals surface area contributed by atoms with Gasteiger partial charge in [-0.1, -0.05) is 85.7 Å². The van der Waals surface area contributed by atoms with Crippen molar-refractivity contribution < 1.29 is 19.1 Å². The molecule has 0 aromatic heterocycles. The lowest BCUT2D eigenvalue weighted by Gasteiger charge is -2.20. The number of carbonyl (C=O) groups is 2. The zero-order valence-corrected chi connectivity index (χ0v) is 24.1. The largest absolute Gasteiger partial charge is 0.423 e. The van der Waals surface area contributed by atoms with Gasteiger partial charge < -0.3 is 9.47 Å². The molecule has 4 nitrogen and oxygen atoms in total. The summed E-state index contributed by atoms with van der Waals surface area (Å²) in [6.45, 7) is 17.0. The topological polar surface area (TPSA) is 52.6 Å². The fourth-order valence-electron chi connectivity index (χ4n) is 4.53. The zero-order valence-electron chi connectivity index (χ0n) is 24.1. The van der Waals surface area contributed by atoms with Crippen molar-refractivity contribution in [1.29, 1.82) is 0 Å². The van der Waals surface area contributed by atoms with Gasteiger partial charge in [-0.2, -0.15) is 0 Å². The summed E-state index contributed by atoms with van der Waals surface area (Å²) in [5.74, 6) is 1.23. The SMILES string of the molecule is CC(C)Cc1ccc(C(=O)Oc2ccc(C(C)C)cc2)c(C(=O)Oc2ccc(C(C)C)cc2)c1CC(C)C. The Labute approximate surface area is 228 Å². The van der Waals surface area contributed by atoms with Gasteiger partial charge in [-0.3, -0.25) is 0 Å². The summed E-state index contributed by atoms with van der Waals surface area (Å²) in [5.41, 5.74) is 4.78. The average Bonchev–Trinajstić information content (AvgIpc) is 2.84. The minimum atomic E-state index is -0.564. The second-order valence-electron chi connectivity index (χ2n) is 11.5. The second-order valence-corrected chi connectivity index (χ2v) is 11.5. The van der Waals surface area contributed by atoms with E-state index in [2.05, 4.69) is 55.4 Å². The van der Waals surface area contributed by atoms with Crippen LogP contribution in [0.15, 0.2) is 60.7 Å². The first-order valence-corrected chi connectivity index (χ1v) is 13.7. The van der Waals surface area contributed by atoms with E-state index in [1.165, 1.54) is 0 Å². The van der Waals surface area contributed by atoms with Crippen LogP contribution in [-0.4, -0.2) is 11.9 Å². The molecule has 0 saturated heterocycles. The van der Waals surface area contributed by atoms with Gasteiger partial charge in [0.1, 0.15) is 11.5 Å². The first-order chi connectivity index (χ1) is 18.0. The number of rotatable bonds is 10. The van der Waals surface area contributed by atoms with E-state index in [1.807, 2.05) is 42.5 Å². The van der Waals surface area contributed by atoms with E-state index in [1.54, 1.807) is 18.2 Å². The lowest BCUT2D eigenvalue weighted by molar-refractivity contribution is 0.0690. The molecule has 0 radical (unpaired) electrons. The molecule has 0 aliphatic rings. The Kier molecular flexibility index (Phi) is 9.90. The molecule has 0 aliphatic carbocycles. The molecular weight excluding hydrogens is 472 g/mol. The van der Waals surface area contributed by atoms with Crippen LogP contribution in [0.1, 0.15) is 110 Å². The highest BCUT2D eigenvalue weighted by molar-refractivity contribution is 6.05. The smallest absolute Gasteiger partial charge is 0.344 e. The maximum Gasteiger partial charge on any atom is 0.344 e. The molecule has 3 aromatic rings. The molecule has 0 heterocycles. The number of ether oxygens (including phenoxy) is 2. The molecule has 0 unspecified atom stereocenters. The highest BCUT2D eigenvalue weighted by atomic mass is 16.5. The predicted molar refractivity (Wildman–Crippen MR) is 155 cm³/mol. The molecule has 0 bridgehead atoms. The number of benzene rings is 3. The van der Waals surface area contributed by atoms with E-state index >= 15 is 0 Å². The monoisotopic (exact) mass is 514 g/mol. The fourth-order valence-corrected chi connectivity index (χ4v) is 4.53. The molecule has 0 N–H and O–H groups in total. The molecule has 0 atom stereocenters. The Morgan fingerprint density at radius 3 is 1.45 bits per heavy atom. The number of carbonyl (C=O) groups excluding carboxylic acids is 2. The zero-order chi connectivity index (χ0) is 28.0. The van der Waals surface area contributed by atoms with Gasteiger partial charge in [-0.15, -0.1) is 0 Å². The molecule has 0 fully saturated rings. The van der Waals surface area contributed by atoms with Gasteiger partial charge in [0, 0.05) is 0 Å². The fraction of sp³-hybridized carbons (Fsp3) is 0.412. The molecule has 4 heteroatoms. The Balaban J connectivity index is 2.04. The van der Waals surface area contributed by atoms with Crippen LogP contribution < -0.4 is 9.47 Å². The van der Waals surface area contributed by atoms with Crippen LogP contribution in [0.3, 0.4) is 0 Å². The maximum atomic E-state index is 13.7. The summed E-state index contributed by atoms with van der Waals surface area (Å²) in [4.78, 5) is 27.2. The Morgan fingerprint density at radius 2 is 1.03 bits per heavy atom. The van der Waals surface area contributed by atoms with Gasteiger partial charge in [0.25, 0.3) is 0 Å². The van der Waals surface area contributed by atoms with Gasteiger partial charge >= 0.3 is 11.9 Å². The van der Waals surface area contributed by atoms with Gasteiger partial charge in [0.15, 0.2) is 0 Å². The molecule has 38 heavy (non-hydrogen) atoms. The summed E-state index contributed by atoms with van der Waals surface area (Å²) < 4.78 is 11.6. The summed E-state index contributed by atoms with van der Waals surface area (Å²) in [5, 5.41) is 0. The second kappa shape index (κ2) is 12.9. The Morgan fingerprint density at radius 1 is 0.579 bits per heavy atom. The molecule has 0 spiro atoms. The van der Waals surface area contributed by atoms with Crippen LogP contribution in [0.25, 0.3) is 0 Å². The standard InChI is InChI=1S/C34H42O4/c1-21(2)19-27-13-18-30(33(35)37-28-14-9-25(10-15-28)23(5)6)32(31(27)20-22(3)4)34(36)38-29-16-11-26(12-17-29)24(7)8/h9-18,21-24H,19-20H2,1-8H3. The lowest BCUT2D eigenvalue weighted by Crippen LogP contribution is -2.22. The van der Waals surface area contributed by atoms with Crippen LogP contribution in [0, 0.1) is 11.8 Å². The van der Waals surface area contributed by atoms with Crippen LogP contribution in [-0.2, 0) is 12.8 Å². The Hall–Kier alpha value is -3.40. The molecule has 3 rings (SSSR count). The number of hydrogen-bond donors (Lipinski definition) is 0. The molecule has 0 aliphatic heterocycles. The molecule has 202 valence electrons. The quantitative estimate of drug-likeness (QED) is 0.200. The highest BCUT2D eigenvalue weighted by Crippen LogP contribution is 2.29. The highest BCUT2D eigenvalue weighted by Gasteiger charge is 2.27. The number of hydrogen-bond acceptors (Lipinski definition) is 4. The summed E-state index contributed by atoms with van der Waals surface area (Å²) in [6, 6.07) is 18.7. The van der Waals surface area contributed by atoms with Crippen molar-refractivity contribution >= 4 is 11.9 Å². The first-order valence-electron chi connectivity index (χ1n) is 13.7. The van der Waals surface area contributed by atoms with Crippen molar-refractivity contribution in [2.45, 2.75) is 80.1 Å². The molecule has 3 aromatic carbocycles. The summed E-state index contributed by atoms with van der Waals surface area (Å²) >= 11 is 0. The average molecular weight is 515 g/mol. The molecular formula is C34H42O4. The van der Waals surface area contributed by atoms with Gasteiger partial charge in [-0.05, 0) is 89.1 Å². The van der Waals surface area contributed by atoms with E-state index in [9.17, 15) is 9.59 Å². The van der Waals surface area contributed by atoms with Crippen molar-refractivity contribution in [2.24, 2.45) is 11.8 Å². The summed E-state index contributed by atoms with van der Waals surface area (Å²) in [7, 11) is 0. The van der Waals surface area contributed by atoms with Crippen LogP contribution in [0.4, 0.5) is 0 Å². The van der Waals surface area contributed by atoms with Crippen molar-refractivity contribution in [3.05, 3.63) is 94.0 Å². The van der Waals surface area contributed by atoms with Crippen LogP contribution in [0.5, 0.6) is 11.5 Å². The molecule has 0 amide bonds. The van der Waals surface area contributed by atoms with Gasteiger partial charge in [-0.25, -0.2) is 9.59 Å². The van der Waals surface area contributed by atoms with Crippen molar-refractivity contribution in [3.63, 3.8) is 0 Å². The third-order valence-corrected chi connectivity index (χ3v) is 6.59. The third kappa shape index (κ3) is 7.56. The minimum absolute atomic E-state index is 0.227. The van der Waals surface area contributed by atoms with E-state index < -0.39 is 11.9 Å². The lowest BCUT2D eigenvalue weighted by atomic mass is 9.87. The van der Waals surface area contributed by atoms with Crippen LogP contribution in [0.2, 0.25) is 0 Å². The first kappa shape index (κ1) is 29.2. The Bertz CT molecular complexity index is 1230. The van der Waals surface area contributed by atoms with Crippen LogP contribution >= 0.6 is 0 Å². The van der Waals surface area contributed by atoms with Crippen molar-refractivity contribution in [3.8, 4) is 11.5 Å². The maximum absolute atomic E-state index is 13.7. The van der Waals surface area contributed by atoms with E-state index in [0.29, 0.717) is 41.2 Å². The van der Waals surface area contributed by atoms with E-state index in [4.69, 9.17) is 9.47 Å². The summed E-state index contributed by atoms with van der Waals surface area (Å²) in [6.07, 6.45) is 1.46. The van der Waals surface area contributed by atoms with Gasteiger partial charge in [0.05, 0.1) is 11.1 Å². The van der Waals surface area contributed by atoms with E-state index in [-0.39, 0.29) is 11.5 Å². The minimum Gasteiger partial charge on any atom is -0.423 e. The molecule has 0 saturated carbocycles. The third-order valence-electron chi connectivity index (χ3n) is 6.59. The van der Waals surface area contributed by atoms with Crippen molar-refractivity contribution in [2.75, 3.05) is 0 Å². The normalized spacial score (nSPS) is 11.5. The van der Waals surface area contributed by atoms with Gasteiger partial charge in [0.2, 0.25) is 0 Å². The van der Waals surface area contributed by atoms with Crippen molar-refractivity contribution in [1.82, 2.24) is 0 Å². The predicted octanol–water partition coefficient (Wildman–Crippen LogP) is 8.77. The number of esters is 2. The van der Waals surface area contributed by atoms with E-state index in [0.717, 1.165) is 28.7 Å².